The Morgan fingerprint density at radius 3 is 2.23 bits per heavy atom. The molecule has 2 aromatic rings. The zero-order valence-electron chi connectivity index (χ0n) is 12.7. The summed E-state index contributed by atoms with van der Waals surface area (Å²) in [5.41, 5.74) is 1.53. The van der Waals surface area contributed by atoms with Crippen LogP contribution in [0.4, 0.5) is 0 Å². The highest BCUT2D eigenvalue weighted by Gasteiger charge is 2.25. The maximum Gasteiger partial charge on any atom is 0.161 e. The number of fused-ring (bicyclic) bond motifs is 1. The summed E-state index contributed by atoms with van der Waals surface area (Å²) in [4.78, 5) is 0. The molecule has 0 saturated carbocycles. The van der Waals surface area contributed by atoms with Crippen molar-refractivity contribution in [3.8, 4) is 11.5 Å². The van der Waals surface area contributed by atoms with E-state index in [1.54, 1.807) is 12.1 Å². The molecule has 3 nitrogen and oxygen atoms in total. The van der Waals surface area contributed by atoms with Crippen molar-refractivity contribution in [2.45, 2.75) is 20.0 Å². The molecule has 0 aromatic heterocycles. The number of aliphatic hydroxyl groups is 1. The van der Waals surface area contributed by atoms with Crippen molar-refractivity contribution < 1.29 is 14.6 Å². The van der Waals surface area contributed by atoms with Gasteiger partial charge in [0.05, 0.1) is 13.2 Å². The molecule has 2 aromatic carbocycles. The van der Waals surface area contributed by atoms with E-state index in [1.165, 1.54) is 0 Å². The summed E-state index contributed by atoms with van der Waals surface area (Å²) >= 11 is 5.88. The Kier molecular flexibility index (Phi) is 4.02. The molecule has 3 rings (SSSR count). The van der Waals surface area contributed by atoms with Crippen LogP contribution in [0.5, 0.6) is 11.5 Å². The standard InChI is InChI=1S/C18H19ClO3/c1-18(2)10-21-15-8-5-13(9-16(15)22-11-18)17(20)12-3-6-14(19)7-4-12/h3-9,17,20H,10-11H2,1-2H3. The summed E-state index contributed by atoms with van der Waals surface area (Å²) in [7, 11) is 0. The van der Waals surface area contributed by atoms with Crippen LogP contribution in [0.1, 0.15) is 31.1 Å². The Morgan fingerprint density at radius 2 is 1.55 bits per heavy atom. The SMILES string of the molecule is CC1(C)COc2ccc(C(O)c3ccc(Cl)cc3)cc2OC1. The van der Waals surface area contributed by atoms with Gasteiger partial charge in [0.25, 0.3) is 0 Å². The molecule has 0 aliphatic carbocycles. The van der Waals surface area contributed by atoms with Gasteiger partial charge in [-0.25, -0.2) is 0 Å². The first kappa shape index (κ1) is 15.2. The first-order valence-corrected chi connectivity index (χ1v) is 7.65. The number of ether oxygens (including phenoxy) is 2. The Labute approximate surface area is 135 Å². The summed E-state index contributed by atoms with van der Waals surface area (Å²) in [5, 5.41) is 11.2. The predicted molar refractivity (Wildman–Crippen MR) is 86.7 cm³/mol. The van der Waals surface area contributed by atoms with E-state index in [0.717, 1.165) is 16.9 Å². The van der Waals surface area contributed by atoms with E-state index in [2.05, 4.69) is 13.8 Å². The quantitative estimate of drug-likeness (QED) is 0.901. The molecule has 1 heterocycles. The molecule has 22 heavy (non-hydrogen) atoms. The minimum absolute atomic E-state index is 0.0338. The summed E-state index contributed by atoms with van der Waals surface area (Å²) in [6.45, 7) is 5.39. The molecule has 1 atom stereocenters. The van der Waals surface area contributed by atoms with Crippen molar-refractivity contribution in [2.24, 2.45) is 5.41 Å². The molecule has 1 aliphatic rings. The van der Waals surface area contributed by atoms with E-state index in [0.29, 0.717) is 24.0 Å². The van der Waals surface area contributed by atoms with Crippen LogP contribution in [-0.4, -0.2) is 18.3 Å². The lowest BCUT2D eigenvalue weighted by Crippen LogP contribution is -2.26. The van der Waals surface area contributed by atoms with Crippen molar-refractivity contribution in [3.63, 3.8) is 0 Å². The van der Waals surface area contributed by atoms with Gasteiger partial charge in [-0.1, -0.05) is 43.6 Å². The summed E-state index contributed by atoms with van der Waals surface area (Å²) in [5.74, 6) is 1.40. The van der Waals surface area contributed by atoms with Crippen LogP contribution in [0, 0.1) is 5.41 Å². The van der Waals surface area contributed by atoms with E-state index >= 15 is 0 Å². The number of halogens is 1. The molecule has 0 radical (unpaired) electrons. The van der Waals surface area contributed by atoms with Gasteiger partial charge in [-0.3, -0.25) is 0 Å². The van der Waals surface area contributed by atoms with Crippen LogP contribution in [-0.2, 0) is 0 Å². The van der Waals surface area contributed by atoms with Crippen LogP contribution in [0.2, 0.25) is 5.02 Å². The number of benzene rings is 2. The van der Waals surface area contributed by atoms with Crippen LogP contribution < -0.4 is 9.47 Å². The number of hydrogen-bond acceptors (Lipinski definition) is 3. The van der Waals surface area contributed by atoms with Crippen LogP contribution in [0.3, 0.4) is 0 Å². The van der Waals surface area contributed by atoms with Crippen molar-refractivity contribution in [1.82, 2.24) is 0 Å². The minimum atomic E-state index is -0.720. The third-order valence-corrected chi connectivity index (χ3v) is 3.96. The monoisotopic (exact) mass is 318 g/mol. The van der Waals surface area contributed by atoms with E-state index in [-0.39, 0.29) is 5.41 Å². The van der Waals surface area contributed by atoms with Crippen LogP contribution >= 0.6 is 11.6 Å². The maximum atomic E-state index is 10.5. The maximum absolute atomic E-state index is 10.5. The van der Waals surface area contributed by atoms with Crippen LogP contribution in [0.15, 0.2) is 42.5 Å². The summed E-state index contributed by atoms with van der Waals surface area (Å²) < 4.78 is 11.6. The second-order valence-electron chi connectivity index (χ2n) is 6.40. The van der Waals surface area contributed by atoms with E-state index < -0.39 is 6.10 Å². The zero-order valence-corrected chi connectivity index (χ0v) is 13.4. The first-order chi connectivity index (χ1) is 10.4. The summed E-state index contributed by atoms with van der Waals surface area (Å²) in [6.07, 6.45) is -0.720. The van der Waals surface area contributed by atoms with Crippen molar-refractivity contribution in [3.05, 3.63) is 58.6 Å². The van der Waals surface area contributed by atoms with Gasteiger partial charge < -0.3 is 14.6 Å². The fourth-order valence-electron chi connectivity index (χ4n) is 2.35. The van der Waals surface area contributed by atoms with Gasteiger partial charge in [0.1, 0.15) is 6.10 Å². The molecule has 1 unspecified atom stereocenters. The third kappa shape index (κ3) is 3.21. The van der Waals surface area contributed by atoms with Crippen molar-refractivity contribution >= 4 is 11.6 Å². The van der Waals surface area contributed by atoms with Crippen molar-refractivity contribution in [2.75, 3.05) is 13.2 Å². The lowest BCUT2D eigenvalue weighted by molar-refractivity contribution is 0.140. The van der Waals surface area contributed by atoms with E-state index in [1.807, 2.05) is 30.3 Å². The highest BCUT2D eigenvalue weighted by molar-refractivity contribution is 6.30. The number of hydrogen-bond donors (Lipinski definition) is 1. The average molecular weight is 319 g/mol. The lowest BCUT2D eigenvalue weighted by Gasteiger charge is -2.19. The van der Waals surface area contributed by atoms with Gasteiger partial charge in [-0.2, -0.15) is 0 Å². The van der Waals surface area contributed by atoms with Gasteiger partial charge in [0, 0.05) is 10.4 Å². The second kappa shape index (κ2) is 5.82. The minimum Gasteiger partial charge on any atom is -0.489 e. The lowest BCUT2D eigenvalue weighted by atomic mass is 9.97. The zero-order chi connectivity index (χ0) is 15.7. The molecule has 0 bridgehead atoms. The average Bonchev–Trinajstić information content (AvgIpc) is 2.66. The molecule has 0 saturated heterocycles. The van der Waals surface area contributed by atoms with Gasteiger partial charge in [0.2, 0.25) is 0 Å². The molecule has 0 spiro atoms. The molecule has 4 heteroatoms. The Hall–Kier alpha value is -1.71. The molecular formula is C18H19ClO3. The normalized spacial score (nSPS) is 17.6. The largest absolute Gasteiger partial charge is 0.489 e. The van der Waals surface area contributed by atoms with Gasteiger partial charge in [-0.15, -0.1) is 0 Å². The molecule has 1 N–H and O–H groups in total. The predicted octanol–water partition coefficient (Wildman–Crippen LogP) is 4.22. The van der Waals surface area contributed by atoms with Crippen molar-refractivity contribution in [1.29, 1.82) is 0 Å². The number of aliphatic hydroxyl groups excluding tert-OH is 1. The third-order valence-electron chi connectivity index (χ3n) is 3.71. The number of rotatable bonds is 2. The van der Waals surface area contributed by atoms with Crippen LogP contribution in [0.25, 0.3) is 0 Å². The smallest absolute Gasteiger partial charge is 0.161 e. The van der Waals surface area contributed by atoms with E-state index in [9.17, 15) is 5.11 Å². The Balaban J connectivity index is 1.87. The van der Waals surface area contributed by atoms with Gasteiger partial charge in [-0.05, 0) is 35.4 Å². The topological polar surface area (TPSA) is 38.7 Å². The fraction of sp³-hybridized carbons (Fsp3) is 0.333. The summed E-state index contributed by atoms with van der Waals surface area (Å²) in [6, 6.07) is 12.7. The molecular weight excluding hydrogens is 300 g/mol. The first-order valence-electron chi connectivity index (χ1n) is 7.28. The second-order valence-corrected chi connectivity index (χ2v) is 6.84. The Bertz CT molecular complexity index is 665. The highest BCUT2D eigenvalue weighted by Crippen LogP contribution is 2.36. The molecule has 116 valence electrons. The highest BCUT2D eigenvalue weighted by atomic mass is 35.5. The molecule has 0 amide bonds. The molecule has 0 fully saturated rings. The Morgan fingerprint density at radius 1 is 0.955 bits per heavy atom. The molecule has 1 aliphatic heterocycles. The fourth-order valence-corrected chi connectivity index (χ4v) is 2.48. The van der Waals surface area contributed by atoms with Gasteiger partial charge in [0.15, 0.2) is 11.5 Å². The van der Waals surface area contributed by atoms with E-state index in [4.69, 9.17) is 21.1 Å². The van der Waals surface area contributed by atoms with Gasteiger partial charge >= 0.3 is 0 Å².